The molecule has 0 saturated heterocycles. The highest BCUT2D eigenvalue weighted by Crippen LogP contribution is 2.03. The normalized spacial score (nSPS) is 10.2. The number of carbonyl (C=O) groups excluding carboxylic acids is 1. The first-order valence-corrected chi connectivity index (χ1v) is 6.00. The van der Waals surface area contributed by atoms with Gasteiger partial charge >= 0.3 is 0 Å². The van der Waals surface area contributed by atoms with Gasteiger partial charge in [-0.3, -0.25) is 4.79 Å². The Labute approximate surface area is 91.9 Å². The molecular weight excluding hydrogens is 216 g/mol. The van der Waals surface area contributed by atoms with Crippen LogP contribution in [0.25, 0.3) is 0 Å². The van der Waals surface area contributed by atoms with Crippen molar-refractivity contribution in [3.05, 3.63) is 5.69 Å². The van der Waals surface area contributed by atoms with E-state index in [1.165, 1.54) is 0 Å². The number of thioether (sulfide) groups is 1. The number of rotatable bonds is 6. The molecule has 1 amide bonds. The predicted molar refractivity (Wildman–Crippen MR) is 58.7 cm³/mol. The molecule has 1 rings (SSSR count). The van der Waals surface area contributed by atoms with Gasteiger partial charge in [0.2, 0.25) is 11.5 Å². The van der Waals surface area contributed by atoms with Crippen molar-refractivity contribution in [1.82, 2.24) is 15.6 Å². The van der Waals surface area contributed by atoms with Crippen molar-refractivity contribution in [1.29, 1.82) is 0 Å². The Morgan fingerprint density at radius 1 is 1.53 bits per heavy atom. The molecule has 1 aromatic heterocycles. The summed E-state index contributed by atoms with van der Waals surface area (Å²) in [6, 6.07) is 0. The lowest BCUT2D eigenvalue weighted by Crippen LogP contribution is -2.25. The van der Waals surface area contributed by atoms with Gasteiger partial charge in [0.25, 0.3) is 5.91 Å². The van der Waals surface area contributed by atoms with Crippen LogP contribution in [0, 0.1) is 0 Å². The first-order chi connectivity index (χ1) is 7.25. The molecule has 1 aromatic rings. The van der Waals surface area contributed by atoms with Crippen molar-refractivity contribution >= 4 is 23.5 Å². The zero-order valence-corrected chi connectivity index (χ0v) is 9.34. The third-order valence-electron chi connectivity index (χ3n) is 1.79. The molecule has 84 valence electrons. The van der Waals surface area contributed by atoms with E-state index in [0.29, 0.717) is 6.54 Å². The molecule has 3 N–H and O–H groups in total. The molecule has 15 heavy (non-hydrogen) atoms. The Hall–Kier alpha value is -1.24. The number of nitrogens with one attached hydrogen (secondary N) is 1. The van der Waals surface area contributed by atoms with E-state index in [1.54, 1.807) is 11.8 Å². The van der Waals surface area contributed by atoms with Crippen molar-refractivity contribution in [2.45, 2.75) is 12.8 Å². The third-order valence-corrected chi connectivity index (χ3v) is 2.49. The van der Waals surface area contributed by atoms with E-state index in [1.807, 2.05) is 0 Å². The molecule has 0 saturated carbocycles. The second-order valence-electron chi connectivity index (χ2n) is 2.95. The molecule has 0 aromatic carbocycles. The van der Waals surface area contributed by atoms with Crippen LogP contribution in [0.2, 0.25) is 0 Å². The van der Waals surface area contributed by atoms with Crippen LogP contribution in [0.15, 0.2) is 4.63 Å². The Balaban J connectivity index is 2.22. The SMILES string of the molecule is CSCCCCNC(=O)c1nonc1N. The van der Waals surface area contributed by atoms with Gasteiger partial charge in [0, 0.05) is 6.54 Å². The molecule has 0 fully saturated rings. The van der Waals surface area contributed by atoms with Crippen LogP contribution < -0.4 is 11.1 Å². The molecule has 7 heteroatoms. The van der Waals surface area contributed by atoms with Gasteiger partial charge in [-0.15, -0.1) is 0 Å². The van der Waals surface area contributed by atoms with Crippen LogP contribution >= 0.6 is 11.8 Å². The number of anilines is 1. The van der Waals surface area contributed by atoms with Crippen LogP contribution in [0.3, 0.4) is 0 Å². The number of carbonyl (C=O) groups is 1. The second-order valence-corrected chi connectivity index (χ2v) is 3.94. The molecule has 0 aliphatic rings. The standard InChI is InChI=1S/C8H14N4O2S/c1-15-5-3-2-4-10-8(13)6-7(9)12-14-11-6/h2-5H2,1H3,(H2,9,12)(H,10,13). The minimum Gasteiger partial charge on any atom is -0.379 e. The van der Waals surface area contributed by atoms with Crippen LogP contribution in [-0.4, -0.2) is 34.8 Å². The van der Waals surface area contributed by atoms with Crippen molar-refractivity contribution in [3.63, 3.8) is 0 Å². The van der Waals surface area contributed by atoms with Gasteiger partial charge in [-0.1, -0.05) is 0 Å². The summed E-state index contributed by atoms with van der Waals surface area (Å²) in [7, 11) is 0. The molecule has 6 nitrogen and oxygen atoms in total. The van der Waals surface area contributed by atoms with Gasteiger partial charge in [-0.05, 0) is 35.2 Å². The molecule has 0 atom stereocenters. The first kappa shape index (κ1) is 11.8. The van der Waals surface area contributed by atoms with Gasteiger partial charge < -0.3 is 11.1 Å². The third kappa shape index (κ3) is 3.78. The van der Waals surface area contributed by atoms with E-state index in [-0.39, 0.29) is 17.4 Å². The largest absolute Gasteiger partial charge is 0.379 e. The Bertz CT molecular complexity index is 315. The highest BCUT2D eigenvalue weighted by molar-refractivity contribution is 7.98. The maximum absolute atomic E-state index is 11.4. The average molecular weight is 230 g/mol. The molecule has 0 bridgehead atoms. The summed E-state index contributed by atoms with van der Waals surface area (Å²) in [6.07, 6.45) is 4.08. The molecular formula is C8H14N4O2S. The number of amides is 1. The van der Waals surface area contributed by atoms with Gasteiger partial charge in [0.05, 0.1) is 0 Å². The van der Waals surface area contributed by atoms with Crippen molar-refractivity contribution < 1.29 is 9.42 Å². The topological polar surface area (TPSA) is 94.0 Å². The highest BCUT2D eigenvalue weighted by Gasteiger charge is 2.14. The van der Waals surface area contributed by atoms with E-state index >= 15 is 0 Å². The summed E-state index contributed by atoms with van der Waals surface area (Å²) < 4.78 is 4.32. The molecule has 1 heterocycles. The van der Waals surface area contributed by atoms with E-state index in [9.17, 15) is 4.79 Å². The van der Waals surface area contributed by atoms with Gasteiger partial charge in [-0.25, -0.2) is 4.63 Å². The summed E-state index contributed by atoms with van der Waals surface area (Å²) in [6.45, 7) is 0.617. The predicted octanol–water partition coefficient (Wildman–Crippen LogP) is 0.525. The van der Waals surface area contributed by atoms with Gasteiger partial charge in [0.15, 0.2) is 0 Å². The number of hydrogen-bond acceptors (Lipinski definition) is 6. The van der Waals surface area contributed by atoms with Crippen LogP contribution in [0.4, 0.5) is 5.82 Å². The summed E-state index contributed by atoms with van der Waals surface area (Å²) in [5.74, 6) is 0.790. The zero-order valence-electron chi connectivity index (χ0n) is 8.52. The first-order valence-electron chi connectivity index (χ1n) is 4.61. The lowest BCUT2D eigenvalue weighted by molar-refractivity contribution is 0.0944. The number of nitrogen functional groups attached to an aromatic ring is 1. The van der Waals surface area contributed by atoms with Gasteiger partial charge in [0.1, 0.15) is 0 Å². The fourth-order valence-electron chi connectivity index (χ4n) is 1.01. The summed E-state index contributed by atoms with van der Waals surface area (Å²) >= 11 is 1.79. The van der Waals surface area contributed by atoms with Crippen LogP contribution in [0.5, 0.6) is 0 Å². The fourth-order valence-corrected chi connectivity index (χ4v) is 1.50. The second kappa shape index (κ2) is 6.28. The number of nitrogens with zero attached hydrogens (tertiary/aromatic N) is 2. The van der Waals surface area contributed by atoms with Gasteiger partial charge in [-0.2, -0.15) is 11.8 Å². The summed E-state index contributed by atoms with van der Waals surface area (Å²) in [4.78, 5) is 11.4. The molecule has 0 aliphatic carbocycles. The summed E-state index contributed by atoms with van der Waals surface area (Å²) in [5.41, 5.74) is 5.42. The Morgan fingerprint density at radius 3 is 2.93 bits per heavy atom. The highest BCUT2D eigenvalue weighted by atomic mass is 32.2. The fraction of sp³-hybridized carbons (Fsp3) is 0.625. The van der Waals surface area contributed by atoms with E-state index < -0.39 is 0 Å². The van der Waals surface area contributed by atoms with Crippen LogP contribution in [0.1, 0.15) is 23.3 Å². The average Bonchev–Trinajstić information content (AvgIpc) is 2.64. The molecule has 0 aliphatic heterocycles. The molecule has 0 spiro atoms. The minimum absolute atomic E-state index is 0.0246. The van der Waals surface area contributed by atoms with Crippen molar-refractivity contribution in [2.75, 3.05) is 24.3 Å². The number of unbranched alkanes of at least 4 members (excludes halogenated alkanes) is 1. The zero-order chi connectivity index (χ0) is 11.1. The lowest BCUT2D eigenvalue weighted by Gasteiger charge is -2.01. The van der Waals surface area contributed by atoms with E-state index in [2.05, 4.69) is 26.5 Å². The van der Waals surface area contributed by atoms with E-state index in [0.717, 1.165) is 18.6 Å². The summed E-state index contributed by atoms with van der Waals surface area (Å²) in [5, 5.41) is 9.42. The number of aromatic nitrogens is 2. The molecule has 0 radical (unpaired) electrons. The maximum Gasteiger partial charge on any atom is 0.277 e. The minimum atomic E-state index is -0.335. The lowest BCUT2D eigenvalue weighted by atomic mass is 10.3. The number of hydrogen-bond donors (Lipinski definition) is 2. The smallest absolute Gasteiger partial charge is 0.277 e. The quantitative estimate of drug-likeness (QED) is 0.692. The Morgan fingerprint density at radius 2 is 2.33 bits per heavy atom. The maximum atomic E-state index is 11.4. The monoisotopic (exact) mass is 230 g/mol. The van der Waals surface area contributed by atoms with E-state index in [4.69, 9.17) is 5.73 Å². The Kier molecular flexibility index (Phi) is 4.96. The van der Waals surface area contributed by atoms with Crippen LogP contribution in [-0.2, 0) is 0 Å². The van der Waals surface area contributed by atoms with Crippen molar-refractivity contribution in [3.8, 4) is 0 Å². The van der Waals surface area contributed by atoms with Crippen molar-refractivity contribution in [2.24, 2.45) is 0 Å². The molecule has 0 unspecified atom stereocenters. The number of nitrogens with two attached hydrogens (primary N) is 1.